The Morgan fingerprint density at radius 2 is 2.07 bits per heavy atom. The molecular formula is C12H15BrO. The maximum atomic E-state index is 11.1. The first-order chi connectivity index (χ1) is 6.74. The van der Waals surface area contributed by atoms with Crippen LogP contribution in [0.3, 0.4) is 0 Å². The van der Waals surface area contributed by atoms with Crippen molar-refractivity contribution >= 4 is 21.7 Å². The second kappa shape index (κ2) is 5.97. The highest BCUT2D eigenvalue weighted by molar-refractivity contribution is 9.10. The molecule has 0 saturated carbocycles. The Labute approximate surface area is 93.7 Å². The highest BCUT2D eigenvalue weighted by Crippen LogP contribution is 2.17. The van der Waals surface area contributed by atoms with Crippen LogP contribution in [0.1, 0.15) is 31.7 Å². The Morgan fingerprint density at radius 1 is 1.36 bits per heavy atom. The van der Waals surface area contributed by atoms with Gasteiger partial charge in [0.1, 0.15) is 5.78 Å². The number of rotatable bonds is 5. The molecule has 0 aliphatic rings. The molecule has 0 aliphatic heterocycles. The standard InChI is InChI=1S/C12H15BrO/c1-2-11(14)8-5-7-10-6-3-4-9-12(10)13/h3-4,6,9H,2,5,7-8H2,1H3. The summed E-state index contributed by atoms with van der Waals surface area (Å²) >= 11 is 3.50. The van der Waals surface area contributed by atoms with Crippen molar-refractivity contribution in [1.29, 1.82) is 0 Å². The third-order valence-corrected chi connectivity index (χ3v) is 3.03. The number of hydrogen-bond donors (Lipinski definition) is 0. The molecule has 1 aromatic carbocycles. The lowest BCUT2D eigenvalue weighted by molar-refractivity contribution is -0.118. The van der Waals surface area contributed by atoms with E-state index in [1.54, 1.807) is 0 Å². The lowest BCUT2D eigenvalue weighted by Crippen LogP contribution is -1.96. The van der Waals surface area contributed by atoms with Crippen LogP contribution in [-0.4, -0.2) is 5.78 Å². The molecule has 0 spiro atoms. The van der Waals surface area contributed by atoms with E-state index in [9.17, 15) is 4.79 Å². The van der Waals surface area contributed by atoms with Crippen molar-refractivity contribution in [1.82, 2.24) is 0 Å². The van der Waals surface area contributed by atoms with E-state index < -0.39 is 0 Å². The molecule has 2 heteroatoms. The number of benzene rings is 1. The van der Waals surface area contributed by atoms with E-state index in [4.69, 9.17) is 0 Å². The summed E-state index contributed by atoms with van der Waals surface area (Å²) in [6, 6.07) is 8.17. The molecule has 0 saturated heterocycles. The molecule has 1 nitrogen and oxygen atoms in total. The van der Waals surface area contributed by atoms with Gasteiger partial charge in [0.15, 0.2) is 0 Å². The summed E-state index contributed by atoms with van der Waals surface area (Å²) in [7, 11) is 0. The normalized spacial score (nSPS) is 10.1. The summed E-state index contributed by atoms with van der Waals surface area (Å²) in [6.07, 6.45) is 3.30. The van der Waals surface area contributed by atoms with Crippen LogP contribution in [0.25, 0.3) is 0 Å². The van der Waals surface area contributed by atoms with Gasteiger partial charge in [0.25, 0.3) is 0 Å². The molecule has 0 amide bonds. The van der Waals surface area contributed by atoms with Gasteiger partial charge >= 0.3 is 0 Å². The molecule has 0 unspecified atom stereocenters. The van der Waals surface area contributed by atoms with Gasteiger partial charge in [0, 0.05) is 17.3 Å². The van der Waals surface area contributed by atoms with Crippen molar-refractivity contribution in [2.45, 2.75) is 32.6 Å². The number of aryl methyl sites for hydroxylation is 1. The Balaban J connectivity index is 2.39. The number of Topliss-reactive ketones (excluding diaryl/α,β-unsaturated/α-hetero) is 1. The molecule has 0 bridgehead atoms. The van der Waals surface area contributed by atoms with Gasteiger partial charge in [-0.2, -0.15) is 0 Å². The van der Waals surface area contributed by atoms with Crippen LogP contribution in [-0.2, 0) is 11.2 Å². The van der Waals surface area contributed by atoms with Gasteiger partial charge in [0.05, 0.1) is 0 Å². The van der Waals surface area contributed by atoms with Crippen molar-refractivity contribution < 1.29 is 4.79 Å². The molecule has 0 aliphatic carbocycles. The first-order valence-corrected chi connectivity index (χ1v) is 5.78. The van der Waals surface area contributed by atoms with Gasteiger partial charge in [-0.1, -0.05) is 41.1 Å². The maximum Gasteiger partial charge on any atom is 0.132 e. The minimum absolute atomic E-state index is 0.358. The zero-order chi connectivity index (χ0) is 10.4. The topological polar surface area (TPSA) is 17.1 Å². The molecule has 1 aromatic rings. The van der Waals surface area contributed by atoms with Crippen LogP contribution in [0.15, 0.2) is 28.7 Å². The van der Waals surface area contributed by atoms with E-state index in [2.05, 4.69) is 22.0 Å². The number of carbonyl (C=O) groups excluding carboxylic acids is 1. The number of ketones is 1. The van der Waals surface area contributed by atoms with Crippen molar-refractivity contribution in [2.75, 3.05) is 0 Å². The van der Waals surface area contributed by atoms with Crippen LogP contribution in [0.2, 0.25) is 0 Å². The smallest absolute Gasteiger partial charge is 0.132 e. The van der Waals surface area contributed by atoms with E-state index in [0.29, 0.717) is 18.6 Å². The van der Waals surface area contributed by atoms with Crippen molar-refractivity contribution in [2.24, 2.45) is 0 Å². The summed E-state index contributed by atoms with van der Waals surface area (Å²) in [4.78, 5) is 11.1. The number of hydrogen-bond acceptors (Lipinski definition) is 1. The van der Waals surface area contributed by atoms with E-state index in [1.807, 2.05) is 25.1 Å². The summed E-state index contributed by atoms with van der Waals surface area (Å²) < 4.78 is 1.14. The minimum atomic E-state index is 0.358. The second-order valence-corrected chi connectivity index (χ2v) is 4.19. The van der Waals surface area contributed by atoms with Crippen LogP contribution in [0, 0.1) is 0 Å². The van der Waals surface area contributed by atoms with Crippen LogP contribution < -0.4 is 0 Å². The van der Waals surface area contributed by atoms with Crippen molar-refractivity contribution in [3.63, 3.8) is 0 Å². The number of carbonyl (C=O) groups is 1. The van der Waals surface area contributed by atoms with E-state index in [-0.39, 0.29) is 0 Å². The van der Waals surface area contributed by atoms with Gasteiger partial charge in [-0.3, -0.25) is 4.79 Å². The van der Waals surface area contributed by atoms with Gasteiger partial charge in [-0.25, -0.2) is 0 Å². The second-order valence-electron chi connectivity index (χ2n) is 3.34. The van der Waals surface area contributed by atoms with E-state index >= 15 is 0 Å². The first-order valence-electron chi connectivity index (χ1n) is 4.99. The highest BCUT2D eigenvalue weighted by Gasteiger charge is 2.01. The quantitative estimate of drug-likeness (QED) is 0.783. The van der Waals surface area contributed by atoms with Crippen molar-refractivity contribution in [3.05, 3.63) is 34.3 Å². The highest BCUT2D eigenvalue weighted by atomic mass is 79.9. The molecule has 0 atom stereocenters. The lowest BCUT2D eigenvalue weighted by Gasteiger charge is -2.02. The monoisotopic (exact) mass is 254 g/mol. The zero-order valence-electron chi connectivity index (χ0n) is 8.42. The predicted octanol–water partition coefficient (Wildman–Crippen LogP) is 3.75. The fourth-order valence-corrected chi connectivity index (χ4v) is 1.84. The van der Waals surface area contributed by atoms with Crippen LogP contribution in [0.4, 0.5) is 0 Å². The molecule has 0 heterocycles. The molecule has 0 aromatic heterocycles. The average molecular weight is 255 g/mol. The largest absolute Gasteiger partial charge is 0.300 e. The maximum absolute atomic E-state index is 11.1. The van der Waals surface area contributed by atoms with E-state index in [0.717, 1.165) is 17.3 Å². The average Bonchev–Trinajstić information content (AvgIpc) is 2.20. The fourth-order valence-electron chi connectivity index (χ4n) is 1.35. The Kier molecular flexibility index (Phi) is 4.88. The molecule has 0 N–H and O–H groups in total. The van der Waals surface area contributed by atoms with Gasteiger partial charge in [-0.05, 0) is 24.5 Å². The Hall–Kier alpha value is -0.630. The molecule has 14 heavy (non-hydrogen) atoms. The summed E-state index contributed by atoms with van der Waals surface area (Å²) in [5.74, 6) is 0.358. The third kappa shape index (κ3) is 3.62. The predicted molar refractivity (Wildman–Crippen MR) is 62.4 cm³/mol. The van der Waals surface area contributed by atoms with E-state index in [1.165, 1.54) is 5.56 Å². The molecule has 0 fully saturated rings. The Bertz CT molecular complexity index is 307. The molecular weight excluding hydrogens is 240 g/mol. The van der Waals surface area contributed by atoms with Crippen molar-refractivity contribution in [3.8, 4) is 0 Å². The SMILES string of the molecule is CCC(=O)CCCc1ccccc1Br. The van der Waals surface area contributed by atoms with Gasteiger partial charge in [0.2, 0.25) is 0 Å². The summed E-state index contributed by atoms with van der Waals surface area (Å²) in [5.41, 5.74) is 1.29. The first kappa shape index (κ1) is 11.4. The molecule has 1 rings (SSSR count). The molecule has 0 radical (unpaired) electrons. The van der Waals surface area contributed by atoms with Gasteiger partial charge < -0.3 is 0 Å². The lowest BCUT2D eigenvalue weighted by atomic mass is 10.1. The summed E-state index contributed by atoms with van der Waals surface area (Å²) in [6.45, 7) is 1.92. The number of halogens is 1. The van der Waals surface area contributed by atoms with Crippen LogP contribution in [0.5, 0.6) is 0 Å². The third-order valence-electron chi connectivity index (χ3n) is 2.25. The zero-order valence-corrected chi connectivity index (χ0v) is 10.0. The minimum Gasteiger partial charge on any atom is -0.300 e. The van der Waals surface area contributed by atoms with Crippen LogP contribution >= 0.6 is 15.9 Å². The van der Waals surface area contributed by atoms with Gasteiger partial charge in [-0.15, -0.1) is 0 Å². The summed E-state index contributed by atoms with van der Waals surface area (Å²) in [5, 5.41) is 0. The fraction of sp³-hybridized carbons (Fsp3) is 0.417. The molecule has 76 valence electrons. The Morgan fingerprint density at radius 3 is 2.71 bits per heavy atom.